The molecular formula is C22H19ClN2O3S. The maximum atomic E-state index is 12.3. The minimum Gasteiger partial charge on any atom is -0.426 e. The van der Waals surface area contributed by atoms with Gasteiger partial charge in [-0.3, -0.25) is 14.9 Å². The number of anilines is 1. The van der Waals surface area contributed by atoms with Gasteiger partial charge in [-0.05, 0) is 30.7 Å². The molecule has 1 amide bonds. The Morgan fingerprint density at radius 2 is 1.93 bits per heavy atom. The molecule has 7 heteroatoms. The highest BCUT2D eigenvalue weighted by atomic mass is 35.5. The number of hydrogen-bond acceptors (Lipinski definition) is 5. The fraction of sp³-hybridized carbons (Fsp3) is 0.136. The third-order valence-electron chi connectivity index (χ3n) is 3.89. The molecule has 0 aliphatic heterocycles. The average Bonchev–Trinajstić information content (AvgIpc) is 3.16. The van der Waals surface area contributed by atoms with E-state index in [1.54, 1.807) is 36.4 Å². The summed E-state index contributed by atoms with van der Waals surface area (Å²) in [5, 5.41) is 5.76. The van der Waals surface area contributed by atoms with Crippen molar-refractivity contribution >= 4 is 46.0 Å². The molecule has 0 saturated heterocycles. The zero-order valence-electron chi connectivity index (χ0n) is 15.7. The van der Waals surface area contributed by atoms with E-state index >= 15 is 0 Å². The smallest absolute Gasteiger partial charge is 0.311 e. The molecule has 148 valence electrons. The van der Waals surface area contributed by atoms with E-state index in [9.17, 15) is 9.59 Å². The third kappa shape index (κ3) is 6.01. The molecule has 3 aromatic rings. The summed E-state index contributed by atoms with van der Waals surface area (Å²) < 4.78 is 5.36. The summed E-state index contributed by atoms with van der Waals surface area (Å²) in [6.45, 7) is 1.91. The first-order chi connectivity index (χ1) is 14.0. The molecule has 0 aliphatic carbocycles. The normalized spacial score (nSPS) is 10.8. The highest BCUT2D eigenvalue weighted by Crippen LogP contribution is 2.26. The van der Waals surface area contributed by atoms with Crippen LogP contribution in [0.25, 0.3) is 17.3 Å². The molecule has 1 aromatic heterocycles. The fourth-order valence-corrected chi connectivity index (χ4v) is 3.33. The zero-order chi connectivity index (χ0) is 20.6. The van der Waals surface area contributed by atoms with Crippen LogP contribution in [0.1, 0.15) is 25.3 Å². The van der Waals surface area contributed by atoms with Crippen LogP contribution in [0.3, 0.4) is 0 Å². The number of aromatic nitrogens is 1. The summed E-state index contributed by atoms with van der Waals surface area (Å²) >= 11 is 7.24. The van der Waals surface area contributed by atoms with E-state index in [0.717, 1.165) is 11.3 Å². The summed E-state index contributed by atoms with van der Waals surface area (Å²) in [6, 6.07) is 14.4. The van der Waals surface area contributed by atoms with Crippen molar-refractivity contribution < 1.29 is 14.3 Å². The van der Waals surface area contributed by atoms with Gasteiger partial charge in [0.15, 0.2) is 5.13 Å². The summed E-state index contributed by atoms with van der Waals surface area (Å²) in [5.74, 6) is -0.193. The molecule has 1 N–H and O–H groups in total. The second-order valence-electron chi connectivity index (χ2n) is 6.13. The summed E-state index contributed by atoms with van der Waals surface area (Å²) in [4.78, 5) is 28.4. The van der Waals surface area contributed by atoms with Crippen molar-refractivity contribution in [1.29, 1.82) is 0 Å². The molecular weight excluding hydrogens is 408 g/mol. The highest BCUT2D eigenvalue weighted by Gasteiger charge is 2.09. The topological polar surface area (TPSA) is 68.3 Å². The molecule has 0 spiro atoms. The van der Waals surface area contributed by atoms with Gasteiger partial charge < -0.3 is 4.74 Å². The van der Waals surface area contributed by atoms with Crippen molar-refractivity contribution in [2.75, 3.05) is 5.32 Å². The maximum Gasteiger partial charge on any atom is 0.311 e. The second-order valence-corrected chi connectivity index (χ2v) is 7.42. The van der Waals surface area contributed by atoms with Crippen LogP contribution in [0.5, 0.6) is 5.75 Å². The van der Waals surface area contributed by atoms with E-state index < -0.39 is 0 Å². The maximum absolute atomic E-state index is 12.3. The highest BCUT2D eigenvalue weighted by molar-refractivity contribution is 7.14. The van der Waals surface area contributed by atoms with E-state index in [1.165, 1.54) is 17.4 Å². The predicted octanol–water partition coefficient (Wildman–Crippen LogP) is 5.82. The molecule has 0 aliphatic rings. The largest absolute Gasteiger partial charge is 0.426 e. The molecule has 0 atom stereocenters. The minimum atomic E-state index is -0.323. The lowest BCUT2D eigenvalue weighted by Crippen LogP contribution is -2.08. The van der Waals surface area contributed by atoms with Crippen molar-refractivity contribution in [3.05, 3.63) is 70.6 Å². The molecule has 3 rings (SSSR count). The summed E-state index contributed by atoms with van der Waals surface area (Å²) in [5.41, 5.74) is 2.33. The van der Waals surface area contributed by atoms with Crippen LogP contribution in [0.15, 0.2) is 60.0 Å². The standard InChI is InChI=1S/C22H19ClN2O3S/c1-2-5-21(27)28-19-7-4-3-6-16(19)10-13-20(26)25-22-24-18(14-29-22)15-8-11-17(23)12-9-15/h3-4,6-14H,2,5H2,1H3,(H,24,25,26). The van der Waals surface area contributed by atoms with E-state index in [1.807, 2.05) is 30.5 Å². The van der Waals surface area contributed by atoms with Crippen LogP contribution in [0.4, 0.5) is 5.13 Å². The van der Waals surface area contributed by atoms with Gasteiger partial charge in [0.25, 0.3) is 0 Å². The van der Waals surface area contributed by atoms with Crippen molar-refractivity contribution in [1.82, 2.24) is 4.98 Å². The van der Waals surface area contributed by atoms with Crippen LogP contribution in [-0.2, 0) is 9.59 Å². The number of amides is 1. The van der Waals surface area contributed by atoms with Crippen molar-refractivity contribution in [3.8, 4) is 17.0 Å². The van der Waals surface area contributed by atoms with Crippen molar-refractivity contribution in [2.24, 2.45) is 0 Å². The SMILES string of the molecule is CCCC(=O)Oc1ccccc1C=CC(=O)Nc1nc(-c2ccc(Cl)cc2)cs1. The third-order valence-corrected chi connectivity index (χ3v) is 4.90. The molecule has 0 saturated carbocycles. The number of nitrogens with zero attached hydrogens (tertiary/aromatic N) is 1. The van der Waals surface area contributed by atoms with Gasteiger partial charge in [-0.15, -0.1) is 11.3 Å². The van der Waals surface area contributed by atoms with E-state index in [0.29, 0.717) is 34.3 Å². The van der Waals surface area contributed by atoms with Crippen molar-refractivity contribution in [3.63, 3.8) is 0 Å². The number of carbonyl (C=O) groups excluding carboxylic acids is 2. The van der Waals surface area contributed by atoms with Crippen LogP contribution in [0, 0.1) is 0 Å². The van der Waals surface area contributed by atoms with Crippen LogP contribution >= 0.6 is 22.9 Å². The lowest BCUT2D eigenvalue weighted by atomic mass is 10.2. The molecule has 2 aromatic carbocycles. The lowest BCUT2D eigenvalue weighted by molar-refractivity contribution is -0.134. The van der Waals surface area contributed by atoms with Gasteiger partial charge in [0.05, 0.1) is 5.69 Å². The number of esters is 1. The zero-order valence-corrected chi connectivity index (χ0v) is 17.3. The van der Waals surface area contributed by atoms with E-state index in [2.05, 4.69) is 10.3 Å². The molecule has 5 nitrogen and oxygen atoms in total. The Morgan fingerprint density at radius 3 is 2.69 bits per heavy atom. The van der Waals surface area contributed by atoms with Crippen molar-refractivity contribution in [2.45, 2.75) is 19.8 Å². The Balaban J connectivity index is 1.65. The molecule has 0 unspecified atom stereocenters. The molecule has 0 bridgehead atoms. The fourth-order valence-electron chi connectivity index (χ4n) is 2.49. The average molecular weight is 427 g/mol. The summed E-state index contributed by atoms with van der Waals surface area (Å²) in [6.07, 6.45) is 4.05. The predicted molar refractivity (Wildman–Crippen MR) is 117 cm³/mol. The first-order valence-corrected chi connectivity index (χ1v) is 10.3. The van der Waals surface area contributed by atoms with Crippen LogP contribution in [-0.4, -0.2) is 16.9 Å². The molecule has 1 heterocycles. The van der Waals surface area contributed by atoms with E-state index in [4.69, 9.17) is 16.3 Å². The van der Waals surface area contributed by atoms with Crippen LogP contribution < -0.4 is 10.1 Å². The van der Waals surface area contributed by atoms with Gasteiger partial charge in [-0.25, -0.2) is 4.98 Å². The van der Waals surface area contributed by atoms with Gasteiger partial charge in [0.2, 0.25) is 5.91 Å². The Kier molecular flexibility index (Phi) is 7.16. The lowest BCUT2D eigenvalue weighted by Gasteiger charge is -2.06. The first kappa shape index (κ1) is 20.8. The molecule has 0 fully saturated rings. The van der Waals surface area contributed by atoms with E-state index in [-0.39, 0.29) is 11.9 Å². The molecule has 0 radical (unpaired) electrons. The molecule has 29 heavy (non-hydrogen) atoms. The number of hydrogen-bond donors (Lipinski definition) is 1. The Bertz CT molecular complexity index is 1030. The Hall–Kier alpha value is -2.96. The number of carbonyl (C=O) groups is 2. The van der Waals surface area contributed by atoms with Gasteiger partial charge in [0.1, 0.15) is 5.75 Å². The Morgan fingerprint density at radius 1 is 1.17 bits per heavy atom. The minimum absolute atomic E-state index is 0.296. The van der Waals surface area contributed by atoms with Gasteiger partial charge in [-0.2, -0.15) is 0 Å². The number of rotatable bonds is 7. The van der Waals surface area contributed by atoms with Gasteiger partial charge in [0, 0.05) is 34.0 Å². The number of ether oxygens (including phenoxy) is 1. The van der Waals surface area contributed by atoms with Gasteiger partial charge >= 0.3 is 5.97 Å². The number of nitrogens with one attached hydrogen (secondary N) is 1. The first-order valence-electron chi connectivity index (χ1n) is 9.05. The number of thiazole rings is 1. The monoisotopic (exact) mass is 426 g/mol. The number of halogens is 1. The number of benzene rings is 2. The second kappa shape index (κ2) is 10.0. The Labute approximate surface area is 178 Å². The van der Waals surface area contributed by atoms with Gasteiger partial charge in [-0.1, -0.05) is 48.9 Å². The summed E-state index contributed by atoms with van der Waals surface area (Å²) in [7, 11) is 0. The quantitative estimate of drug-likeness (QED) is 0.293. The number of para-hydroxylation sites is 1. The van der Waals surface area contributed by atoms with Crippen LogP contribution in [0.2, 0.25) is 5.02 Å².